The highest BCUT2D eigenvalue weighted by molar-refractivity contribution is 7.26. The summed E-state index contributed by atoms with van der Waals surface area (Å²) in [6.45, 7) is 0. The van der Waals surface area contributed by atoms with E-state index in [9.17, 15) is 0 Å². The van der Waals surface area contributed by atoms with Crippen LogP contribution in [0.2, 0.25) is 0 Å². The first-order valence-electron chi connectivity index (χ1n) is 19.0. The van der Waals surface area contributed by atoms with Crippen molar-refractivity contribution >= 4 is 31.5 Å². The molecule has 1 aliphatic carbocycles. The molecule has 0 aliphatic heterocycles. The maximum atomic E-state index is 5.45. The first kappa shape index (κ1) is 32.4. The molecule has 0 atom stereocenters. The predicted octanol–water partition coefficient (Wildman–Crippen LogP) is 13.3. The SMILES string of the molecule is c1ccc(-c2ccccc2-c2nc(-c3cccc4c3-c3ccccc3C4(c3ccccc3)c3ccccc3)nc(-c3cccc4c3sc3ccccc34)n2)cc1. The van der Waals surface area contributed by atoms with Crippen molar-refractivity contribution in [3.8, 4) is 56.4 Å². The minimum atomic E-state index is -0.536. The Labute approximate surface area is 329 Å². The van der Waals surface area contributed by atoms with Crippen molar-refractivity contribution in [3.63, 3.8) is 0 Å². The van der Waals surface area contributed by atoms with Gasteiger partial charge in [-0.25, -0.2) is 15.0 Å². The molecule has 0 N–H and O–H groups in total. The van der Waals surface area contributed by atoms with Crippen LogP contribution >= 0.6 is 11.3 Å². The van der Waals surface area contributed by atoms with Crippen LogP contribution in [0.1, 0.15) is 22.3 Å². The molecule has 10 aromatic rings. The number of fused-ring (bicyclic) bond motifs is 6. The second-order valence-corrected chi connectivity index (χ2v) is 15.3. The molecule has 0 radical (unpaired) electrons. The van der Waals surface area contributed by atoms with Gasteiger partial charge in [0.1, 0.15) is 0 Å². The summed E-state index contributed by atoms with van der Waals surface area (Å²) in [6, 6.07) is 71.4. The molecule has 0 saturated heterocycles. The molecule has 0 amide bonds. The Bertz CT molecular complexity index is 3040. The molecule has 0 fully saturated rings. The van der Waals surface area contributed by atoms with Crippen molar-refractivity contribution in [1.82, 2.24) is 15.0 Å². The van der Waals surface area contributed by atoms with Crippen LogP contribution in [0, 0.1) is 0 Å². The Morgan fingerprint density at radius 2 is 0.821 bits per heavy atom. The highest BCUT2D eigenvalue weighted by Gasteiger charge is 2.47. The zero-order valence-corrected chi connectivity index (χ0v) is 31.1. The third-order valence-electron chi connectivity index (χ3n) is 11.3. The molecule has 0 unspecified atom stereocenters. The molecule has 262 valence electrons. The topological polar surface area (TPSA) is 38.7 Å². The van der Waals surface area contributed by atoms with Gasteiger partial charge in [0.05, 0.1) is 5.41 Å². The van der Waals surface area contributed by atoms with Gasteiger partial charge in [-0.15, -0.1) is 11.3 Å². The molecule has 3 nitrogen and oxygen atoms in total. The summed E-state index contributed by atoms with van der Waals surface area (Å²) in [5, 5.41) is 2.45. The summed E-state index contributed by atoms with van der Waals surface area (Å²) in [7, 11) is 0. The van der Waals surface area contributed by atoms with Crippen LogP contribution in [-0.2, 0) is 5.41 Å². The van der Waals surface area contributed by atoms with E-state index >= 15 is 0 Å². The fourth-order valence-corrected chi connectivity index (χ4v) is 10.1. The van der Waals surface area contributed by atoms with Gasteiger partial charge in [-0.2, -0.15) is 0 Å². The molecule has 2 aromatic heterocycles. The van der Waals surface area contributed by atoms with Gasteiger partial charge in [0, 0.05) is 36.9 Å². The maximum Gasteiger partial charge on any atom is 0.165 e. The lowest BCUT2D eigenvalue weighted by molar-refractivity contribution is 0.768. The molecule has 1 aliphatic rings. The number of thiophene rings is 1. The van der Waals surface area contributed by atoms with E-state index < -0.39 is 5.41 Å². The van der Waals surface area contributed by atoms with Gasteiger partial charge in [0.2, 0.25) is 0 Å². The van der Waals surface area contributed by atoms with Crippen molar-refractivity contribution in [1.29, 1.82) is 0 Å². The largest absolute Gasteiger partial charge is 0.208 e. The lowest BCUT2D eigenvalue weighted by Crippen LogP contribution is -2.28. The summed E-state index contributed by atoms with van der Waals surface area (Å²) in [4.78, 5) is 16.2. The zero-order chi connectivity index (χ0) is 37.1. The Balaban J connectivity index is 1.22. The van der Waals surface area contributed by atoms with E-state index in [2.05, 4.69) is 200 Å². The Morgan fingerprint density at radius 3 is 1.55 bits per heavy atom. The number of aromatic nitrogens is 3. The second-order valence-electron chi connectivity index (χ2n) is 14.3. The van der Waals surface area contributed by atoms with Crippen molar-refractivity contribution in [2.45, 2.75) is 5.41 Å². The summed E-state index contributed by atoms with van der Waals surface area (Å²) >= 11 is 1.79. The van der Waals surface area contributed by atoms with Gasteiger partial charge >= 0.3 is 0 Å². The van der Waals surface area contributed by atoms with Crippen LogP contribution in [-0.4, -0.2) is 15.0 Å². The van der Waals surface area contributed by atoms with Crippen molar-refractivity contribution < 1.29 is 0 Å². The summed E-state index contributed by atoms with van der Waals surface area (Å²) < 4.78 is 2.42. The normalized spacial score (nSPS) is 12.8. The molecule has 56 heavy (non-hydrogen) atoms. The van der Waals surface area contributed by atoms with E-state index in [4.69, 9.17) is 15.0 Å². The van der Waals surface area contributed by atoms with Crippen LogP contribution in [0.4, 0.5) is 0 Å². The van der Waals surface area contributed by atoms with Crippen molar-refractivity contribution in [2.75, 3.05) is 0 Å². The van der Waals surface area contributed by atoms with Gasteiger partial charge in [-0.05, 0) is 56.6 Å². The molecule has 0 bridgehead atoms. The Morgan fingerprint density at radius 1 is 0.339 bits per heavy atom. The average Bonchev–Trinajstić information content (AvgIpc) is 3.81. The van der Waals surface area contributed by atoms with Gasteiger partial charge in [-0.1, -0.05) is 188 Å². The fraction of sp³-hybridized carbons (Fsp3) is 0.0192. The van der Waals surface area contributed by atoms with Gasteiger partial charge in [0.25, 0.3) is 0 Å². The highest BCUT2D eigenvalue weighted by Crippen LogP contribution is 2.58. The predicted molar refractivity (Wildman–Crippen MR) is 232 cm³/mol. The number of nitrogens with zero attached hydrogens (tertiary/aromatic N) is 3. The Kier molecular flexibility index (Phi) is 7.58. The highest BCUT2D eigenvalue weighted by atomic mass is 32.1. The number of hydrogen-bond donors (Lipinski definition) is 0. The van der Waals surface area contributed by atoms with E-state index in [1.54, 1.807) is 11.3 Å². The smallest absolute Gasteiger partial charge is 0.165 e. The summed E-state index contributed by atoms with van der Waals surface area (Å²) in [6.07, 6.45) is 0. The van der Waals surface area contributed by atoms with Gasteiger partial charge < -0.3 is 0 Å². The first-order valence-corrected chi connectivity index (χ1v) is 19.8. The second kappa shape index (κ2) is 13.1. The molecule has 0 saturated carbocycles. The van der Waals surface area contributed by atoms with Crippen LogP contribution in [0.5, 0.6) is 0 Å². The third-order valence-corrected chi connectivity index (χ3v) is 12.5. The first-order chi connectivity index (χ1) is 27.8. The molecule has 8 aromatic carbocycles. The molecule has 4 heteroatoms. The van der Waals surface area contributed by atoms with Crippen LogP contribution in [0.15, 0.2) is 200 Å². The van der Waals surface area contributed by atoms with Crippen LogP contribution < -0.4 is 0 Å². The fourth-order valence-electron chi connectivity index (χ4n) is 8.89. The minimum Gasteiger partial charge on any atom is -0.208 e. The number of benzene rings is 8. The number of hydrogen-bond acceptors (Lipinski definition) is 4. The summed E-state index contributed by atoms with van der Waals surface area (Å²) in [5.41, 5.74) is 11.8. The molecule has 11 rings (SSSR count). The lowest BCUT2D eigenvalue weighted by atomic mass is 9.67. The monoisotopic (exact) mass is 731 g/mol. The molecular formula is C52H33N3S. The molecule has 0 spiro atoms. The van der Waals surface area contributed by atoms with E-state index in [0.717, 1.165) is 33.4 Å². The van der Waals surface area contributed by atoms with Gasteiger partial charge in [-0.3, -0.25) is 0 Å². The van der Waals surface area contributed by atoms with Crippen LogP contribution in [0.3, 0.4) is 0 Å². The third kappa shape index (κ3) is 4.93. The van der Waals surface area contributed by atoms with Crippen molar-refractivity contribution in [3.05, 3.63) is 222 Å². The van der Waals surface area contributed by atoms with Crippen LogP contribution in [0.25, 0.3) is 76.6 Å². The zero-order valence-electron chi connectivity index (χ0n) is 30.3. The van der Waals surface area contributed by atoms with E-state index in [1.165, 1.54) is 48.0 Å². The van der Waals surface area contributed by atoms with Gasteiger partial charge in [0.15, 0.2) is 17.5 Å². The summed E-state index contributed by atoms with van der Waals surface area (Å²) in [5.74, 6) is 1.95. The van der Waals surface area contributed by atoms with E-state index in [0.29, 0.717) is 17.5 Å². The van der Waals surface area contributed by atoms with E-state index in [1.807, 2.05) is 0 Å². The minimum absolute atomic E-state index is 0.536. The Hall–Kier alpha value is -7.01. The van der Waals surface area contributed by atoms with Crippen molar-refractivity contribution in [2.24, 2.45) is 0 Å². The average molecular weight is 732 g/mol. The maximum absolute atomic E-state index is 5.45. The number of rotatable bonds is 6. The standard InChI is InChI=1S/C52H33N3S/c1-4-18-34(19-5-1)37-24-10-11-26-40(37)49-53-50(55-51(54-49)43-30-16-28-39-38-25-13-15-33-46(38)56-48(39)43)42-29-17-32-45-47(42)41-27-12-14-31-44(41)52(45,35-20-6-2-7-21-35)36-22-8-3-9-23-36/h1-33H. The molecule has 2 heterocycles. The molecular weight excluding hydrogens is 699 g/mol. The quantitative estimate of drug-likeness (QED) is 0.171. The lowest BCUT2D eigenvalue weighted by Gasteiger charge is -2.33. The van der Waals surface area contributed by atoms with E-state index in [-0.39, 0.29) is 0 Å².